The van der Waals surface area contributed by atoms with Gasteiger partial charge in [-0.3, -0.25) is 9.52 Å². The zero-order valence-corrected chi connectivity index (χ0v) is 15.8. The van der Waals surface area contributed by atoms with Crippen LogP contribution in [0, 0.1) is 6.92 Å². The number of amides is 1. The molecular formula is C21H20N2O3S. The summed E-state index contributed by atoms with van der Waals surface area (Å²) in [4.78, 5) is 13.9. The van der Waals surface area contributed by atoms with Crippen LogP contribution in [0.25, 0.3) is 10.8 Å². The molecule has 3 aromatic carbocycles. The lowest BCUT2D eigenvalue weighted by Crippen LogP contribution is -2.24. The Labute approximate surface area is 158 Å². The Kier molecular flexibility index (Phi) is 4.36. The molecule has 138 valence electrons. The first-order valence-corrected chi connectivity index (χ1v) is 10.3. The molecule has 0 aliphatic carbocycles. The zero-order chi connectivity index (χ0) is 19.0. The molecular weight excluding hydrogens is 360 g/mol. The number of sulfonamides is 1. The molecule has 0 unspecified atom stereocenters. The van der Waals surface area contributed by atoms with Gasteiger partial charge in [0.15, 0.2) is 0 Å². The molecule has 0 spiro atoms. The van der Waals surface area contributed by atoms with E-state index < -0.39 is 10.0 Å². The Hall–Kier alpha value is -2.86. The van der Waals surface area contributed by atoms with Crippen LogP contribution in [0.1, 0.15) is 18.4 Å². The summed E-state index contributed by atoms with van der Waals surface area (Å²) in [5.41, 5.74) is 2.07. The molecule has 1 aliphatic heterocycles. The highest BCUT2D eigenvalue weighted by atomic mass is 32.2. The molecule has 1 saturated heterocycles. The molecule has 0 atom stereocenters. The summed E-state index contributed by atoms with van der Waals surface area (Å²) < 4.78 is 28.2. The molecule has 1 aliphatic rings. The highest BCUT2D eigenvalue weighted by Crippen LogP contribution is 2.28. The maximum absolute atomic E-state index is 12.8. The number of hydrogen-bond donors (Lipinski definition) is 1. The Morgan fingerprint density at radius 2 is 1.74 bits per heavy atom. The van der Waals surface area contributed by atoms with Gasteiger partial charge in [-0.1, -0.05) is 30.3 Å². The van der Waals surface area contributed by atoms with Crippen molar-refractivity contribution in [3.8, 4) is 0 Å². The molecule has 0 aromatic heterocycles. The van der Waals surface area contributed by atoms with E-state index in [2.05, 4.69) is 4.72 Å². The van der Waals surface area contributed by atoms with Gasteiger partial charge in [0, 0.05) is 24.3 Å². The Balaban J connectivity index is 1.63. The molecule has 4 rings (SSSR count). The minimum absolute atomic E-state index is 0.0861. The second-order valence-corrected chi connectivity index (χ2v) is 8.45. The van der Waals surface area contributed by atoms with Gasteiger partial charge >= 0.3 is 0 Å². The van der Waals surface area contributed by atoms with Crippen LogP contribution in [0.15, 0.2) is 65.6 Å². The predicted molar refractivity (Wildman–Crippen MR) is 108 cm³/mol. The number of hydrogen-bond acceptors (Lipinski definition) is 3. The molecule has 1 N–H and O–H groups in total. The minimum atomic E-state index is -3.71. The summed E-state index contributed by atoms with van der Waals surface area (Å²) in [5, 5.41) is 2.02. The summed E-state index contributed by atoms with van der Waals surface area (Å²) in [7, 11) is -3.71. The highest BCUT2D eigenvalue weighted by molar-refractivity contribution is 7.92. The van der Waals surface area contributed by atoms with Gasteiger partial charge in [-0.2, -0.15) is 0 Å². The van der Waals surface area contributed by atoms with Crippen LogP contribution in [-0.2, 0) is 14.8 Å². The van der Waals surface area contributed by atoms with Crippen LogP contribution >= 0.6 is 0 Å². The van der Waals surface area contributed by atoms with Crippen molar-refractivity contribution in [2.45, 2.75) is 24.7 Å². The number of rotatable bonds is 4. The quantitative estimate of drug-likeness (QED) is 0.742. The van der Waals surface area contributed by atoms with Crippen molar-refractivity contribution in [1.82, 2.24) is 0 Å². The maximum Gasteiger partial charge on any atom is 0.261 e. The Bertz CT molecular complexity index is 1140. The van der Waals surface area contributed by atoms with E-state index in [-0.39, 0.29) is 10.8 Å². The molecule has 1 fully saturated rings. The van der Waals surface area contributed by atoms with Crippen molar-refractivity contribution in [3.63, 3.8) is 0 Å². The number of carbonyl (C=O) groups is 1. The van der Waals surface area contributed by atoms with Gasteiger partial charge in [0.05, 0.1) is 4.90 Å². The van der Waals surface area contributed by atoms with E-state index in [0.29, 0.717) is 18.7 Å². The van der Waals surface area contributed by atoms with E-state index >= 15 is 0 Å². The number of benzene rings is 3. The van der Waals surface area contributed by atoms with E-state index in [9.17, 15) is 13.2 Å². The van der Waals surface area contributed by atoms with Gasteiger partial charge in [-0.05, 0) is 60.0 Å². The van der Waals surface area contributed by atoms with E-state index in [4.69, 9.17) is 0 Å². The topological polar surface area (TPSA) is 66.5 Å². The van der Waals surface area contributed by atoms with E-state index in [1.54, 1.807) is 29.2 Å². The highest BCUT2D eigenvalue weighted by Gasteiger charge is 2.24. The van der Waals surface area contributed by atoms with Gasteiger partial charge in [-0.25, -0.2) is 8.42 Å². The van der Waals surface area contributed by atoms with Gasteiger partial charge in [0.2, 0.25) is 5.91 Å². The normalized spacial score (nSPS) is 14.7. The average Bonchev–Trinajstić information content (AvgIpc) is 3.07. The maximum atomic E-state index is 12.8. The first-order chi connectivity index (χ1) is 12.9. The lowest BCUT2D eigenvalue weighted by molar-refractivity contribution is -0.117. The lowest BCUT2D eigenvalue weighted by Gasteiger charge is -2.19. The van der Waals surface area contributed by atoms with Crippen molar-refractivity contribution in [3.05, 3.63) is 66.2 Å². The number of nitrogens with one attached hydrogen (secondary N) is 1. The zero-order valence-electron chi connectivity index (χ0n) is 15.0. The third-order valence-corrected chi connectivity index (χ3v) is 6.22. The molecule has 27 heavy (non-hydrogen) atoms. The van der Waals surface area contributed by atoms with Crippen LogP contribution in [0.3, 0.4) is 0 Å². The number of nitrogens with zero attached hydrogens (tertiary/aromatic N) is 1. The summed E-state index contributed by atoms with van der Waals surface area (Å²) >= 11 is 0. The molecule has 0 bridgehead atoms. The fourth-order valence-corrected chi connectivity index (χ4v) is 4.60. The van der Waals surface area contributed by atoms with Crippen LogP contribution < -0.4 is 9.62 Å². The summed E-state index contributed by atoms with van der Waals surface area (Å²) in [6.45, 7) is 2.51. The van der Waals surface area contributed by atoms with Gasteiger partial charge in [-0.15, -0.1) is 0 Å². The summed E-state index contributed by atoms with van der Waals surface area (Å²) in [6.07, 6.45) is 1.38. The van der Waals surface area contributed by atoms with Crippen LogP contribution in [0.4, 0.5) is 11.4 Å². The second-order valence-electron chi connectivity index (χ2n) is 6.76. The number of aryl methyl sites for hydroxylation is 1. The van der Waals surface area contributed by atoms with Crippen molar-refractivity contribution in [2.24, 2.45) is 0 Å². The average molecular weight is 380 g/mol. The predicted octanol–water partition coefficient (Wildman–Crippen LogP) is 4.08. The Morgan fingerprint density at radius 3 is 2.44 bits per heavy atom. The van der Waals surface area contributed by atoms with Gasteiger partial charge in [0.1, 0.15) is 0 Å². The van der Waals surface area contributed by atoms with E-state index in [1.165, 1.54) is 0 Å². The first-order valence-electron chi connectivity index (χ1n) is 8.87. The number of fused-ring (bicyclic) bond motifs is 1. The van der Waals surface area contributed by atoms with Crippen LogP contribution in [-0.4, -0.2) is 20.9 Å². The van der Waals surface area contributed by atoms with Crippen molar-refractivity contribution in [2.75, 3.05) is 16.2 Å². The molecule has 5 nitrogen and oxygen atoms in total. The molecule has 1 heterocycles. The van der Waals surface area contributed by atoms with Gasteiger partial charge in [0.25, 0.3) is 10.0 Å². The van der Waals surface area contributed by atoms with Crippen molar-refractivity contribution in [1.29, 1.82) is 0 Å². The second kappa shape index (κ2) is 6.70. The van der Waals surface area contributed by atoms with Crippen LogP contribution in [0.2, 0.25) is 0 Å². The monoisotopic (exact) mass is 380 g/mol. The lowest BCUT2D eigenvalue weighted by atomic mass is 10.1. The SMILES string of the molecule is Cc1cc(S(=O)(=O)Nc2ccc3ccccc3c2)ccc1N1CCCC1=O. The van der Waals surface area contributed by atoms with E-state index in [1.807, 2.05) is 43.3 Å². The molecule has 3 aromatic rings. The van der Waals surface area contributed by atoms with Crippen molar-refractivity contribution < 1.29 is 13.2 Å². The summed E-state index contributed by atoms with van der Waals surface area (Å²) in [6, 6.07) is 18.1. The number of anilines is 2. The van der Waals surface area contributed by atoms with E-state index in [0.717, 1.165) is 28.4 Å². The standard InChI is InChI=1S/C21H20N2O3S/c1-15-13-19(10-11-20(15)23-12-4-7-21(23)24)27(25,26)22-18-9-8-16-5-2-3-6-17(16)14-18/h2-3,5-6,8-11,13-14,22H,4,7,12H2,1H3. The molecule has 6 heteroatoms. The third-order valence-electron chi connectivity index (χ3n) is 4.84. The first kappa shape index (κ1) is 17.5. The van der Waals surface area contributed by atoms with Gasteiger partial charge < -0.3 is 4.90 Å². The van der Waals surface area contributed by atoms with Crippen LogP contribution in [0.5, 0.6) is 0 Å². The molecule has 1 amide bonds. The third kappa shape index (κ3) is 3.40. The molecule has 0 saturated carbocycles. The fraction of sp³-hybridized carbons (Fsp3) is 0.190. The molecule has 0 radical (unpaired) electrons. The van der Waals surface area contributed by atoms with Crippen molar-refractivity contribution >= 4 is 38.1 Å². The Morgan fingerprint density at radius 1 is 0.963 bits per heavy atom. The smallest absolute Gasteiger partial charge is 0.261 e. The fourth-order valence-electron chi connectivity index (χ4n) is 3.47. The summed E-state index contributed by atoms with van der Waals surface area (Å²) in [5.74, 6) is 0.0861. The number of carbonyl (C=O) groups excluding carboxylic acids is 1. The largest absolute Gasteiger partial charge is 0.312 e. The minimum Gasteiger partial charge on any atom is -0.312 e.